The minimum Gasteiger partial charge on any atom is -0.466 e. The largest absolute Gasteiger partial charge is 0.466 e. The molecule has 0 unspecified atom stereocenters. The lowest BCUT2D eigenvalue weighted by atomic mass is 9.76. The second-order valence-electron chi connectivity index (χ2n) is 8.44. The van der Waals surface area contributed by atoms with Gasteiger partial charge in [-0.25, -0.2) is 4.68 Å². The monoisotopic (exact) mass is 434 g/mol. The van der Waals surface area contributed by atoms with E-state index in [-0.39, 0.29) is 5.97 Å². The molecule has 0 N–H and O–H groups in total. The van der Waals surface area contributed by atoms with Crippen LogP contribution in [0.3, 0.4) is 0 Å². The number of benzene rings is 1. The van der Waals surface area contributed by atoms with Crippen LogP contribution in [0.5, 0.6) is 0 Å². The van der Waals surface area contributed by atoms with E-state index in [1.54, 1.807) is 10.9 Å². The minimum atomic E-state index is -0.663. The molecule has 32 heavy (non-hydrogen) atoms. The Morgan fingerprint density at radius 2 is 2.16 bits per heavy atom. The first-order valence-electron chi connectivity index (χ1n) is 11.1. The fourth-order valence-electron chi connectivity index (χ4n) is 4.51. The first-order chi connectivity index (χ1) is 15.5. The fraction of sp³-hybridized carbons (Fsp3) is 0.400. The molecule has 1 aliphatic heterocycles. The van der Waals surface area contributed by atoms with Crippen LogP contribution >= 0.6 is 0 Å². The van der Waals surface area contributed by atoms with Crippen LogP contribution in [-0.4, -0.2) is 45.5 Å². The van der Waals surface area contributed by atoms with Crippen LogP contribution in [-0.2, 0) is 22.5 Å². The Morgan fingerprint density at radius 1 is 1.34 bits per heavy atom. The lowest BCUT2D eigenvalue weighted by Crippen LogP contribution is -2.49. The molecule has 0 saturated carbocycles. The van der Waals surface area contributed by atoms with Crippen LogP contribution in [0.1, 0.15) is 36.8 Å². The van der Waals surface area contributed by atoms with E-state index in [2.05, 4.69) is 21.7 Å². The van der Waals surface area contributed by atoms with Gasteiger partial charge in [-0.2, -0.15) is 5.10 Å². The van der Waals surface area contributed by atoms with E-state index < -0.39 is 5.41 Å². The maximum Gasteiger partial charge on any atom is 0.313 e. The average Bonchev–Trinajstić information content (AvgIpc) is 3.41. The molecule has 7 nitrogen and oxygen atoms in total. The Kier molecular flexibility index (Phi) is 6.55. The van der Waals surface area contributed by atoms with E-state index >= 15 is 0 Å². The second-order valence-corrected chi connectivity index (χ2v) is 8.44. The molecule has 7 heteroatoms. The van der Waals surface area contributed by atoms with Crippen molar-refractivity contribution >= 4 is 12.2 Å². The third-order valence-electron chi connectivity index (χ3n) is 6.10. The number of carbonyl (C=O) groups is 1. The second kappa shape index (κ2) is 9.53. The number of piperidine rings is 1. The van der Waals surface area contributed by atoms with Crippen LogP contribution in [0.15, 0.2) is 53.7 Å². The Labute approximate surface area is 188 Å². The molecule has 3 heterocycles. The smallest absolute Gasteiger partial charge is 0.313 e. The third kappa shape index (κ3) is 4.67. The summed E-state index contributed by atoms with van der Waals surface area (Å²) in [5, 5.41) is 8.69. The van der Waals surface area contributed by atoms with Gasteiger partial charge in [0.05, 0.1) is 17.7 Å². The molecule has 0 bridgehead atoms. The van der Waals surface area contributed by atoms with E-state index in [9.17, 15) is 4.79 Å². The molecule has 0 spiro atoms. The predicted octanol–water partition coefficient (Wildman–Crippen LogP) is 4.34. The van der Waals surface area contributed by atoms with E-state index in [0.717, 1.165) is 48.4 Å². The lowest BCUT2D eigenvalue weighted by molar-refractivity contribution is -0.159. The molecule has 1 aliphatic rings. The number of aromatic nitrogens is 3. The zero-order chi connectivity index (χ0) is 22.6. The van der Waals surface area contributed by atoms with E-state index in [0.29, 0.717) is 25.3 Å². The van der Waals surface area contributed by atoms with Crippen LogP contribution < -0.4 is 0 Å². The molecule has 2 aromatic heterocycles. The van der Waals surface area contributed by atoms with Gasteiger partial charge in [-0.3, -0.25) is 9.69 Å². The molecule has 1 saturated heterocycles. The van der Waals surface area contributed by atoms with Gasteiger partial charge in [-0.1, -0.05) is 42.1 Å². The van der Waals surface area contributed by atoms with Crippen molar-refractivity contribution in [2.75, 3.05) is 19.7 Å². The van der Waals surface area contributed by atoms with Crippen LogP contribution in [0.4, 0.5) is 0 Å². The number of aryl methyl sites for hydroxylation is 1. The maximum atomic E-state index is 13.2. The summed E-state index contributed by atoms with van der Waals surface area (Å²) < 4.78 is 12.9. The summed E-state index contributed by atoms with van der Waals surface area (Å²) >= 11 is 0. The van der Waals surface area contributed by atoms with Crippen molar-refractivity contribution in [3.8, 4) is 11.3 Å². The highest BCUT2D eigenvalue weighted by molar-refractivity contribution is 5.77. The molecule has 0 radical (unpaired) electrons. The molecule has 1 aromatic carbocycles. The minimum absolute atomic E-state index is 0.166. The molecule has 3 aromatic rings. The summed E-state index contributed by atoms with van der Waals surface area (Å²) in [5.41, 5.74) is 3.22. The van der Waals surface area contributed by atoms with Crippen LogP contribution in [0, 0.1) is 12.3 Å². The molecule has 4 rings (SSSR count). The molecule has 1 atom stereocenters. The number of rotatable bonds is 8. The predicted molar refractivity (Wildman–Crippen MR) is 123 cm³/mol. The topological polar surface area (TPSA) is 73.4 Å². The zero-order valence-corrected chi connectivity index (χ0v) is 18.8. The first kappa shape index (κ1) is 22.0. The SMILES string of the molecule is C=Cn1cc(CN2CCC[C@@](Cc3cc(-c4ccccc4)no3)(C(=O)OCC)C2)c(C)n1. The van der Waals surface area contributed by atoms with E-state index in [1.807, 2.05) is 56.4 Å². The van der Waals surface area contributed by atoms with Gasteiger partial charge in [0.25, 0.3) is 0 Å². The lowest BCUT2D eigenvalue weighted by Gasteiger charge is -2.40. The van der Waals surface area contributed by atoms with Crippen molar-refractivity contribution in [2.45, 2.75) is 39.7 Å². The van der Waals surface area contributed by atoms with Gasteiger partial charge >= 0.3 is 5.97 Å². The summed E-state index contributed by atoms with van der Waals surface area (Å²) in [6, 6.07) is 11.8. The molecule has 0 amide bonds. The quantitative estimate of drug-likeness (QED) is 0.491. The normalized spacial score (nSPS) is 19.1. The van der Waals surface area contributed by atoms with Gasteiger partial charge in [-0.05, 0) is 33.2 Å². The number of nitrogens with zero attached hydrogens (tertiary/aromatic N) is 4. The Balaban J connectivity index is 1.56. The molecule has 0 aliphatic carbocycles. The Bertz CT molecular complexity index is 1070. The van der Waals surface area contributed by atoms with E-state index in [4.69, 9.17) is 9.26 Å². The Hall–Kier alpha value is -3.19. The molecule has 1 fully saturated rings. The highest BCUT2D eigenvalue weighted by Crippen LogP contribution is 2.37. The molecule has 168 valence electrons. The van der Waals surface area contributed by atoms with Crippen LogP contribution in [0.2, 0.25) is 0 Å². The number of carbonyl (C=O) groups excluding carboxylic acids is 1. The van der Waals surface area contributed by atoms with Crippen LogP contribution in [0.25, 0.3) is 17.5 Å². The van der Waals surface area contributed by atoms with Crippen molar-refractivity contribution in [1.82, 2.24) is 19.8 Å². The van der Waals surface area contributed by atoms with Gasteiger partial charge in [-0.15, -0.1) is 0 Å². The zero-order valence-electron chi connectivity index (χ0n) is 18.8. The standard InChI is InChI=1S/C25H30N4O3/c1-4-29-17-21(19(3)26-29)16-28-13-9-12-25(18-28,24(30)31-5-2)15-22-14-23(27-32-22)20-10-7-6-8-11-20/h4,6-8,10-11,14,17H,1,5,9,12-13,15-16,18H2,2-3H3/t25-/m0/s1. The summed E-state index contributed by atoms with van der Waals surface area (Å²) in [5.74, 6) is 0.537. The summed E-state index contributed by atoms with van der Waals surface area (Å²) in [4.78, 5) is 15.5. The Morgan fingerprint density at radius 3 is 2.88 bits per heavy atom. The van der Waals surface area contributed by atoms with Crippen molar-refractivity contribution in [3.05, 3.63) is 66.2 Å². The van der Waals surface area contributed by atoms with Crippen molar-refractivity contribution in [1.29, 1.82) is 0 Å². The average molecular weight is 435 g/mol. The summed E-state index contributed by atoms with van der Waals surface area (Å²) in [6.45, 7) is 10.2. The molecular weight excluding hydrogens is 404 g/mol. The summed E-state index contributed by atoms with van der Waals surface area (Å²) in [6.07, 6.45) is 5.81. The number of hydrogen-bond acceptors (Lipinski definition) is 6. The number of esters is 1. The highest BCUT2D eigenvalue weighted by Gasteiger charge is 2.44. The van der Waals surface area contributed by atoms with Crippen molar-refractivity contribution in [3.63, 3.8) is 0 Å². The van der Waals surface area contributed by atoms with E-state index in [1.165, 1.54) is 0 Å². The fourth-order valence-corrected chi connectivity index (χ4v) is 4.51. The van der Waals surface area contributed by atoms with Gasteiger partial charge < -0.3 is 9.26 Å². The van der Waals surface area contributed by atoms with Gasteiger partial charge in [0.2, 0.25) is 0 Å². The highest BCUT2D eigenvalue weighted by atomic mass is 16.5. The number of likely N-dealkylation sites (tertiary alicyclic amines) is 1. The van der Waals surface area contributed by atoms with Gasteiger partial charge in [0.15, 0.2) is 0 Å². The van der Waals surface area contributed by atoms with Gasteiger partial charge in [0, 0.05) is 49.1 Å². The number of hydrogen-bond donors (Lipinski definition) is 0. The molecular formula is C25H30N4O3. The first-order valence-corrected chi connectivity index (χ1v) is 11.1. The third-order valence-corrected chi connectivity index (χ3v) is 6.10. The van der Waals surface area contributed by atoms with Crippen molar-refractivity contribution < 1.29 is 14.1 Å². The van der Waals surface area contributed by atoms with Gasteiger partial charge in [0.1, 0.15) is 11.5 Å². The summed E-state index contributed by atoms with van der Waals surface area (Å²) in [7, 11) is 0. The maximum absolute atomic E-state index is 13.2. The number of ether oxygens (including phenoxy) is 1. The van der Waals surface area contributed by atoms with Crippen molar-refractivity contribution in [2.24, 2.45) is 5.41 Å².